The molecule has 0 unspecified atom stereocenters. The SMILES string of the molecule is COc1ccc(NC(=O)CNCCCCCO)cc1. The summed E-state index contributed by atoms with van der Waals surface area (Å²) in [6.45, 7) is 1.32. The smallest absolute Gasteiger partial charge is 0.238 e. The second-order valence-electron chi connectivity index (χ2n) is 4.24. The molecule has 0 spiro atoms. The number of benzene rings is 1. The largest absolute Gasteiger partial charge is 0.497 e. The van der Waals surface area contributed by atoms with E-state index in [1.807, 2.05) is 0 Å². The van der Waals surface area contributed by atoms with Crippen LogP contribution in [0.1, 0.15) is 19.3 Å². The van der Waals surface area contributed by atoms with E-state index in [0.29, 0.717) is 6.54 Å². The first-order chi connectivity index (χ1) is 9.26. The Hall–Kier alpha value is -1.59. The lowest BCUT2D eigenvalue weighted by Crippen LogP contribution is -2.28. The zero-order valence-electron chi connectivity index (χ0n) is 11.3. The number of carbonyl (C=O) groups is 1. The van der Waals surface area contributed by atoms with Gasteiger partial charge in [-0.05, 0) is 50.1 Å². The standard InChI is InChI=1S/C14H22N2O3/c1-19-13-7-5-12(6-8-13)16-14(18)11-15-9-3-2-4-10-17/h5-8,15,17H,2-4,9-11H2,1H3,(H,16,18). The number of ether oxygens (including phenoxy) is 1. The van der Waals surface area contributed by atoms with Gasteiger partial charge >= 0.3 is 0 Å². The van der Waals surface area contributed by atoms with Crippen LogP contribution in [0.25, 0.3) is 0 Å². The number of hydrogen-bond donors (Lipinski definition) is 3. The predicted octanol–water partition coefficient (Wildman–Crippen LogP) is 1.39. The fourth-order valence-electron chi connectivity index (χ4n) is 1.62. The van der Waals surface area contributed by atoms with Crippen LogP contribution < -0.4 is 15.4 Å². The van der Waals surface area contributed by atoms with E-state index in [1.54, 1.807) is 31.4 Å². The van der Waals surface area contributed by atoms with E-state index >= 15 is 0 Å². The maximum absolute atomic E-state index is 11.6. The van der Waals surface area contributed by atoms with Gasteiger partial charge in [0.05, 0.1) is 13.7 Å². The van der Waals surface area contributed by atoms with Gasteiger partial charge in [0, 0.05) is 12.3 Å². The van der Waals surface area contributed by atoms with Gasteiger partial charge < -0.3 is 20.5 Å². The Kier molecular flexibility index (Phi) is 7.62. The van der Waals surface area contributed by atoms with Gasteiger partial charge in [-0.1, -0.05) is 0 Å². The van der Waals surface area contributed by atoms with Crippen LogP contribution in [0, 0.1) is 0 Å². The van der Waals surface area contributed by atoms with Crippen molar-refractivity contribution in [2.75, 3.05) is 32.1 Å². The molecule has 1 rings (SSSR count). The van der Waals surface area contributed by atoms with Crippen molar-refractivity contribution in [1.29, 1.82) is 0 Å². The van der Waals surface area contributed by atoms with Crippen molar-refractivity contribution in [3.05, 3.63) is 24.3 Å². The molecular weight excluding hydrogens is 244 g/mol. The van der Waals surface area contributed by atoms with Crippen LogP contribution in [0.15, 0.2) is 24.3 Å². The first-order valence-corrected chi connectivity index (χ1v) is 6.51. The summed E-state index contributed by atoms with van der Waals surface area (Å²) in [6, 6.07) is 7.21. The molecule has 1 aromatic carbocycles. The molecule has 5 heteroatoms. The first kappa shape index (κ1) is 15.5. The van der Waals surface area contributed by atoms with Gasteiger partial charge in [0.1, 0.15) is 5.75 Å². The van der Waals surface area contributed by atoms with Crippen molar-refractivity contribution in [1.82, 2.24) is 5.32 Å². The Morgan fingerprint density at radius 1 is 1.21 bits per heavy atom. The normalized spacial score (nSPS) is 10.2. The van der Waals surface area contributed by atoms with E-state index in [-0.39, 0.29) is 12.5 Å². The van der Waals surface area contributed by atoms with Crippen LogP contribution in [0.2, 0.25) is 0 Å². The average Bonchev–Trinajstić information content (AvgIpc) is 2.43. The minimum absolute atomic E-state index is 0.0627. The topological polar surface area (TPSA) is 70.6 Å². The number of anilines is 1. The maximum atomic E-state index is 11.6. The number of rotatable bonds is 9. The van der Waals surface area contributed by atoms with Gasteiger partial charge in [0.2, 0.25) is 5.91 Å². The molecule has 0 aliphatic carbocycles. The Morgan fingerprint density at radius 2 is 1.95 bits per heavy atom. The molecule has 0 saturated heterocycles. The van der Waals surface area contributed by atoms with Gasteiger partial charge in [0.25, 0.3) is 0 Å². The molecule has 0 fully saturated rings. The summed E-state index contributed by atoms with van der Waals surface area (Å²) in [6.07, 6.45) is 2.76. The summed E-state index contributed by atoms with van der Waals surface area (Å²) in [4.78, 5) is 11.6. The molecule has 106 valence electrons. The van der Waals surface area contributed by atoms with Gasteiger partial charge in [-0.25, -0.2) is 0 Å². The second-order valence-corrected chi connectivity index (χ2v) is 4.24. The van der Waals surface area contributed by atoms with Gasteiger partial charge in [-0.3, -0.25) is 4.79 Å². The number of methoxy groups -OCH3 is 1. The third-order valence-electron chi connectivity index (χ3n) is 2.67. The van der Waals surface area contributed by atoms with E-state index in [0.717, 1.165) is 37.2 Å². The zero-order valence-corrected chi connectivity index (χ0v) is 11.3. The van der Waals surface area contributed by atoms with Crippen LogP contribution in [-0.2, 0) is 4.79 Å². The second kappa shape index (κ2) is 9.35. The highest BCUT2D eigenvalue weighted by Gasteiger charge is 2.01. The molecule has 5 nitrogen and oxygen atoms in total. The third-order valence-corrected chi connectivity index (χ3v) is 2.67. The Morgan fingerprint density at radius 3 is 2.58 bits per heavy atom. The lowest BCUT2D eigenvalue weighted by Gasteiger charge is -2.07. The highest BCUT2D eigenvalue weighted by atomic mass is 16.5. The van der Waals surface area contributed by atoms with Crippen LogP contribution in [-0.4, -0.2) is 37.8 Å². The first-order valence-electron chi connectivity index (χ1n) is 6.51. The molecular formula is C14H22N2O3. The van der Waals surface area contributed by atoms with Crippen molar-refractivity contribution >= 4 is 11.6 Å². The highest BCUT2D eigenvalue weighted by Crippen LogP contribution is 2.14. The van der Waals surface area contributed by atoms with Crippen LogP contribution in [0.3, 0.4) is 0 Å². The summed E-state index contributed by atoms with van der Waals surface area (Å²) in [5, 5.41) is 14.5. The number of aliphatic hydroxyl groups excluding tert-OH is 1. The minimum Gasteiger partial charge on any atom is -0.497 e. The summed E-state index contributed by atoms with van der Waals surface area (Å²) >= 11 is 0. The fourth-order valence-corrected chi connectivity index (χ4v) is 1.62. The summed E-state index contributed by atoms with van der Waals surface area (Å²) in [7, 11) is 1.61. The molecule has 1 amide bonds. The Bertz CT molecular complexity index is 365. The van der Waals surface area contributed by atoms with Crippen molar-refractivity contribution in [2.45, 2.75) is 19.3 Å². The number of hydrogen-bond acceptors (Lipinski definition) is 4. The summed E-state index contributed by atoms with van der Waals surface area (Å²) in [5.41, 5.74) is 0.757. The van der Waals surface area contributed by atoms with Crippen molar-refractivity contribution in [3.8, 4) is 5.75 Å². The van der Waals surface area contributed by atoms with Crippen molar-refractivity contribution < 1.29 is 14.6 Å². The Balaban J connectivity index is 2.16. The lowest BCUT2D eigenvalue weighted by atomic mass is 10.2. The predicted molar refractivity (Wildman–Crippen MR) is 75.4 cm³/mol. The summed E-state index contributed by atoms with van der Waals surface area (Å²) < 4.78 is 5.04. The van der Waals surface area contributed by atoms with E-state index in [9.17, 15) is 4.79 Å². The van der Waals surface area contributed by atoms with Crippen LogP contribution in [0.4, 0.5) is 5.69 Å². The highest BCUT2D eigenvalue weighted by molar-refractivity contribution is 5.92. The van der Waals surface area contributed by atoms with E-state index < -0.39 is 0 Å². The Labute approximate surface area is 114 Å². The van der Waals surface area contributed by atoms with Crippen LogP contribution in [0.5, 0.6) is 5.75 Å². The number of unbranched alkanes of at least 4 members (excludes halogenated alkanes) is 2. The minimum atomic E-state index is -0.0627. The monoisotopic (exact) mass is 266 g/mol. The van der Waals surface area contributed by atoms with Gasteiger partial charge in [-0.2, -0.15) is 0 Å². The quantitative estimate of drug-likeness (QED) is 0.591. The molecule has 0 aliphatic heterocycles. The number of amides is 1. The number of nitrogens with one attached hydrogen (secondary N) is 2. The van der Waals surface area contributed by atoms with Gasteiger partial charge in [0.15, 0.2) is 0 Å². The lowest BCUT2D eigenvalue weighted by molar-refractivity contribution is -0.115. The van der Waals surface area contributed by atoms with E-state index in [1.165, 1.54) is 0 Å². The molecule has 3 N–H and O–H groups in total. The van der Waals surface area contributed by atoms with E-state index in [2.05, 4.69) is 10.6 Å². The molecule has 1 aromatic rings. The number of aliphatic hydroxyl groups is 1. The van der Waals surface area contributed by atoms with Gasteiger partial charge in [-0.15, -0.1) is 0 Å². The number of carbonyl (C=O) groups excluding carboxylic acids is 1. The molecule has 0 saturated carbocycles. The zero-order chi connectivity index (χ0) is 13.9. The third kappa shape index (κ3) is 6.79. The molecule has 0 aliphatic rings. The van der Waals surface area contributed by atoms with Crippen molar-refractivity contribution in [3.63, 3.8) is 0 Å². The molecule has 0 aromatic heterocycles. The van der Waals surface area contributed by atoms with Crippen molar-refractivity contribution in [2.24, 2.45) is 0 Å². The average molecular weight is 266 g/mol. The fraction of sp³-hybridized carbons (Fsp3) is 0.500. The van der Waals surface area contributed by atoms with E-state index in [4.69, 9.17) is 9.84 Å². The molecule has 19 heavy (non-hydrogen) atoms. The summed E-state index contributed by atoms with van der Waals surface area (Å²) in [5.74, 6) is 0.701. The molecule has 0 radical (unpaired) electrons. The molecule has 0 heterocycles. The maximum Gasteiger partial charge on any atom is 0.238 e. The molecule has 0 atom stereocenters. The molecule has 0 bridgehead atoms. The van der Waals surface area contributed by atoms with Crippen LogP contribution >= 0.6 is 0 Å².